The predicted molar refractivity (Wildman–Crippen MR) is 136 cm³/mol. The number of nitrogen functional groups attached to an aromatic ring is 1. The first-order valence-electron chi connectivity index (χ1n) is 10.9. The highest BCUT2D eigenvalue weighted by atomic mass is 35.5. The highest BCUT2D eigenvalue weighted by Gasteiger charge is 2.16. The summed E-state index contributed by atoms with van der Waals surface area (Å²) in [7, 11) is 0. The number of ether oxygens (including phenoxy) is 2. The minimum absolute atomic E-state index is 0.427. The van der Waals surface area contributed by atoms with E-state index >= 15 is 0 Å². The topological polar surface area (TPSA) is 75.2 Å². The summed E-state index contributed by atoms with van der Waals surface area (Å²) in [5, 5.41) is 0.796. The van der Waals surface area contributed by atoms with Crippen molar-refractivity contribution in [1.82, 2.24) is 14.5 Å². The zero-order valence-electron chi connectivity index (χ0n) is 18.4. The summed E-state index contributed by atoms with van der Waals surface area (Å²) >= 11 is 5.72. The fourth-order valence-corrected chi connectivity index (χ4v) is 3.93. The van der Waals surface area contributed by atoms with Crippen molar-refractivity contribution in [3.05, 3.63) is 97.0 Å². The molecule has 0 atom stereocenters. The monoisotopic (exact) mass is 470 g/mol. The van der Waals surface area contributed by atoms with Crippen LogP contribution >= 0.6 is 11.6 Å². The summed E-state index contributed by atoms with van der Waals surface area (Å²) in [6, 6.07) is 25.8. The Morgan fingerprint density at radius 3 is 2.47 bits per heavy atom. The molecule has 5 aromatic rings. The molecule has 0 saturated heterocycles. The number of hydrogen-bond donors (Lipinski definition) is 1. The van der Waals surface area contributed by atoms with Crippen LogP contribution < -0.4 is 15.2 Å². The lowest BCUT2D eigenvalue weighted by atomic mass is 10.1. The van der Waals surface area contributed by atoms with E-state index < -0.39 is 0 Å². The van der Waals surface area contributed by atoms with Gasteiger partial charge in [0.05, 0.1) is 11.3 Å². The Morgan fingerprint density at radius 2 is 1.68 bits per heavy atom. The average Bonchev–Trinajstić information content (AvgIpc) is 3.28. The van der Waals surface area contributed by atoms with E-state index in [1.165, 1.54) is 6.33 Å². The molecular weight excluding hydrogens is 448 g/mol. The number of halogens is 1. The predicted octanol–water partition coefficient (Wildman–Crippen LogP) is 5.87. The number of aromatic nitrogens is 3. The normalized spacial score (nSPS) is 11.0. The van der Waals surface area contributed by atoms with Crippen LogP contribution in [0.15, 0.2) is 91.4 Å². The molecule has 3 aromatic carbocycles. The fourth-order valence-electron chi connectivity index (χ4n) is 3.85. The van der Waals surface area contributed by atoms with Gasteiger partial charge in [-0.3, -0.25) is 0 Å². The van der Waals surface area contributed by atoms with Gasteiger partial charge < -0.3 is 19.8 Å². The van der Waals surface area contributed by atoms with Crippen LogP contribution in [0, 0.1) is 0 Å². The molecule has 6 nitrogen and oxygen atoms in total. The smallest absolute Gasteiger partial charge is 0.150 e. The van der Waals surface area contributed by atoms with E-state index in [0.717, 1.165) is 44.9 Å². The number of hydrogen-bond acceptors (Lipinski definition) is 5. The summed E-state index contributed by atoms with van der Waals surface area (Å²) in [4.78, 5) is 8.76. The molecule has 2 aromatic heterocycles. The van der Waals surface area contributed by atoms with E-state index in [1.807, 2.05) is 89.6 Å². The fraction of sp³-hybridized carbons (Fsp3) is 0.111. The molecule has 0 aliphatic heterocycles. The number of rotatable bonds is 8. The van der Waals surface area contributed by atoms with E-state index in [2.05, 4.69) is 9.97 Å². The van der Waals surface area contributed by atoms with Crippen LogP contribution in [0.4, 0.5) is 5.82 Å². The maximum absolute atomic E-state index is 6.31. The van der Waals surface area contributed by atoms with Crippen LogP contribution in [0.2, 0.25) is 0 Å². The third-order valence-corrected chi connectivity index (χ3v) is 5.62. The lowest BCUT2D eigenvalue weighted by Crippen LogP contribution is -1.99. The molecule has 0 saturated carbocycles. The molecule has 2 N–H and O–H groups in total. The minimum atomic E-state index is 0.427. The quantitative estimate of drug-likeness (QED) is 0.287. The van der Waals surface area contributed by atoms with Gasteiger partial charge in [0, 0.05) is 17.4 Å². The van der Waals surface area contributed by atoms with Gasteiger partial charge in [-0.05, 0) is 47.5 Å². The molecule has 0 bridgehead atoms. The van der Waals surface area contributed by atoms with Crippen LogP contribution in [0.3, 0.4) is 0 Å². The van der Waals surface area contributed by atoms with Crippen molar-refractivity contribution in [2.45, 2.75) is 6.61 Å². The van der Waals surface area contributed by atoms with E-state index in [0.29, 0.717) is 24.9 Å². The Bertz CT molecular complexity index is 1400. The Hall–Kier alpha value is -4.03. The molecule has 0 aliphatic rings. The maximum Gasteiger partial charge on any atom is 0.150 e. The molecule has 7 heteroatoms. The standard InChI is InChI=1S/C27H23ClN4O2/c28-13-14-33-22-11-9-21(10-12-22)32-16-24(25-26(29)30-18-31-27(25)32)20-7-4-8-23(15-20)34-17-19-5-2-1-3-6-19/h1-12,15-16,18H,13-14,17H2,(H2,29,30,31). The molecule has 5 rings (SSSR count). The first-order chi connectivity index (χ1) is 16.7. The molecule has 170 valence electrons. The molecule has 0 amide bonds. The number of nitrogens with two attached hydrogens (primary N) is 1. The van der Waals surface area contributed by atoms with Gasteiger partial charge in [0.15, 0.2) is 5.65 Å². The van der Waals surface area contributed by atoms with Crippen LogP contribution in [0.5, 0.6) is 11.5 Å². The summed E-state index contributed by atoms with van der Waals surface area (Å²) in [5.74, 6) is 2.41. The van der Waals surface area contributed by atoms with Crippen molar-refractivity contribution in [3.63, 3.8) is 0 Å². The third kappa shape index (κ3) is 4.54. The van der Waals surface area contributed by atoms with Crippen LogP contribution in [-0.2, 0) is 6.61 Å². The summed E-state index contributed by atoms with van der Waals surface area (Å²) in [6.45, 7) is 0.958. The number of fused-ring (bicyclic) bond motifs is 1. The second-order valence-electron chi connectivity index (χ2n) is 7.70. The van der Waals surface area contributed by atoms with Gasteiger partial charge in [-0.1, -0.05) is 42.5 Å². The van der Waals surface area contributed by atoms with Crippen LogP contribution in [-0.4, -0.2) is 27.0 Å². The number of benzene rings is 3. The highest BCUT2D eigenvalue weighted by Crippen LogP contribution is 2.35. The Balaban J connectivity index is 1.51. The molecule has 0 radical (unpaired) electrons. The van der Waals surface area contributed by atoms with Gasteiger partial charge in [0.25, 0.3) is 0 Å². The molecule has 0 spiro atoms. The second-order valence-corrected chi connectivity index (χ2v) is 8.08. The maximum atomic E-state index is 6.31. The summed E-state index contributed by atoms with van der Waals surface area (Å²) in [6.07, 6.45) is 3.51. The van der Waals surface area contributed by atoms with Crippen LogP contribution in [0.1, 0.15) is 5.56 Å². The average molecular weight is 471 g/mol. The SMILES string of the molecule is Nc1ncnc2c1c(-c1cccc(OCc3ccccc3)c1)cn2-c1ccc(OCCCl)cc1. The van der Waals surface area contributed by atoms with Gasteiger partial charge in [-0.15, -0.1) is 11.6 Å². The summed E-state index contributed by atoms with van der Waals surface area (Å²) < 4.78 is 13.6. The first kappa shape index (κ1) is 21.8. The zero-order chi connectivity index (χ0) is 23.3. The number of alkyl halides is 1. The van der Waals surface area contributed by atoms with Crippen molar-refractivity contribution < 1.29 is 9.47 Å². The molecule has 2 heterocycles. The van der Waals surface area contributed by atoms with Gasteiger partial charge in [-0.2, -0.15) is 0 Å². The lowest BCUT2D eigenvalue weighted by molar-refractivity contribution is 0.306. The van der Waals surface area contributed by atoms with Crippen molar-refractivity contribution in [2.24, 2.45) is 0 Å². The Labute approximate surface area is 202 Å². The van der Waals surface area contributed by atoms with Crippen molar-refractivity contribution in [1.29, 1.82) is 0 Å². The van der Waals surface area contributed by atoms with Crippen LogP contribution in [0.25, 0.3) is 27.8 Å². The van der Waals surface area contributed by atoms with E-state index in [-0.39, 0.29) is 0 Å². The highest BCUT2D eigenvalue weighted by molar-refractivity contribution is 6.18. The lowest BCUT2D eigenvalue weighted by Gasteiger charge is -2.08. The zero-order valence-corrected chi connectivity index (χ0v) is 19.2. The van der Waals surface area contributed by atoms with Gasteiger partial charge >= 0.3 is 0 Å². The van der Waals surface area contributed by atoms with Crippen molar-refractivity contribution in [3.8, 4) is 28.3 Å². The largest absolute Gasteiger partial charge is 0.492 e. The minimum Gasteiger partial charge on any atom is -0.492 e. The number of anilines is 1. The molecule has 0 aliphatic carbocycles. The van der Waals surface area contributed by atoms with E-state index in [1.54, 1.807) is 0 Å². The Morgan fingerprint density at radius 1 is 0.853 bits per heavy atom. The van der Waals surface area contributed by atoms with Crippen molar-refractivity contribution in [2.75, 3.05) is 18.2 Å². The van der Waals surface area contributed by atoms with Gasteiger partial charge in [0.1, 0.15) is 36.9 Å². The molecule has 0 unspecified atom stereocenters. The second kappa shape index (κ2) is 9.85. The van der Waals surface area contributed by atoms with E-state index in [9.17, 15) is 0 Å². The van der Waals surface area contributed by atoms with Gasteiger partial charge in [-0.25, -0.2) is 9.97 Å². The van der Waals surface area contributed by atoms with Gasteiger partial charge in [0.2, 0.25) is 0 Å². The Kier molecular flexibility index (Phi) is 6.31. The molecular formula is C27H23ClN4O2. The van der Waals surface area contributed by atoms with E-state index in [4.69, 9.17) is 26.8 Å². The number of nitrogens with zero attached hydrogens (tertiary/aromatic N) is 3. The first-order valence-corrected chi connectivity index (χ1v) is 11.4. The molecule has 0 fully saturated rings. The van der Waals surface area contributed by atoms with Crippen molar-refractivity contribution >= 4 is 28.5 Å². The third-order valence-electron chi connectivity index (χ3n) is 5.47. The molecule has 34 heavy (non-hydrogen) atoms. The summed E-state index contributed by atoms with van der Waals surface area (Å²) in [5.41, 5.74) is 11.0.